The largest absolute Gasteiger partial charge is 0.311 e. The second-order valence-corrected chi connectivity index (χ2v) is 3.38. The van der Waals surface area contributed by atoms with Crippen LogP contribution in [-0.4, -0.2) is 18.7 Å². The molecule has 1 heterocycles. The van der Waals surface area contributed by atoms with Crippen molar-refractivity contribution < 1.29 is 5.11 Å². The SMILES string of the molecule is CCCC([O])C1CCCCN1. The topological polar surface area (TPSA) is 31.9 Å². The zero-order valence-electron chi connectivity index (χ0n) is 7.31. The summed E-state index contributed by atoms with van der Waals surface area (Å²) in [6.07, 6.45) is 5.06. The van der Waals surface area contributed by atoms with E-state index in [1.54, 1.807) is 0 Å². The van der Waals surface area contributed by atoms with E-state index >= 15 is 0 Å². The average molecular weight is 156 g/mol. The van der Waals surface area contributed by atoms with Crippen LogP contribution in [0.1, 0.15) is 39.0 Å². The minimum Gasteiger partial charge on any atom is -0.311 e. The standard InChI is InChI=1S/C9H18NO/c1-2-5-9(11)8-6-3-4-7-10-8/h8-10H,2-7H2,1H3. The van der Waals surface area contributed by atoms with E-state index in [9.17, 15) is 5.11 Å². The van der Waals surface area contributed by atoms with Gasteiger partial charge in [-0.15, -0.1) is 0 Å². The molecular formula is C9H18NO. The van der Waals surface area contributed by atoms with E-state index in [0.717, 1.165) is 25.8 Å². The number of piperidine rings is 1. The maximum absolute atomic E-state index is 11.4. The summed E-state index contributed by atoms with van der Waals surface area (Å²) >= 11 is 0. The maximum atomic E-state index is 11.4. The summed E-state index contributed by atoms with van der Waals surface area (Å²) in [5.74, 6) is 0. The van der Waals surface area contributed by atoms with Gasteiger partial charge in [0.1, 0.15) is 6.10 Å². The van der Waals surface area contributed by atoms with Crippen LogP contribution in [0, 0.1) is 0 Å². The van der Waals surface area contributed by atoms with Gasteiger partial charge in [-0.25, -0.2) is 5.11 Å². The lowest BCUT2D eigenvalue weighted by atomic mass is 9.97. The summed E-state index contributed by atoms with van der Waals surface area (Å²) in [7, 11) is 0. The fourth-order valence-corrected chi connectivity index (χ4v) is 1.68. The molecule has 0 aliphatic carbocycles. The fraction of sp³-hybridized carbons (Fsp3) is 1.00. The fourth-order valence-electron chi connectivity index (χ4n) is 1.68. The van der Waals surface area contributed by atoms with E-state index in [1.807, 2.05) is 0 Å². The lowest BCUT2D eigenvalue weighted by molar-refractivity contribution is 0.0375. The first-order valence-corrected chi connectivity index (χ1v) is 4.73. The quantitative estimate of drug-likeness (QED) is 0.663. The monoisotopic (exact) mass is 156 g/mol. The van der Waals surface area contributed by atoms with Gasteiger partial charge in [-0.1, -0.05) is 19.8 Å². The summed E-state index contributed by atoms with van der Waals surface area (Å²) in [6.45, 7) is 3.13. The lowest BCUT2D eigenvalue weighted by Gasteiger charge is -2.26. The van der Waals surface area contributed by atoms with Gasteiger partial charge in [-0.3, -0.25) is 0 Å². The van der Waals surface area contributed by atoms with E-state index in [0.29, 0.717) is 0 Å². The van der Waals surface area contributed by atoms with Crippen molar-refractivity contribution in [3.8, 4) is 0 Å². The first-order valence-electron chi connectivity index (χ1n) is 4.73. The summed E-state index contributed by atoms with van der Waals surface area (Å²) in [5.41, 5.74) is 0. The third-order valence-electron chi connectivity index (χ3n) is 2.37. The Morgan fingerprint density at radius 2 is 2.36 bits per heavy atom. The molecule has 2 nitrogen and oxygen atoms in total. The molecule has 1 fully saturated rings. The van der Waals surface area contributed by atoms with Crippen molar-refractivity contribution in [1.82, 2.24) is 5.32 Å². The van der Waals surface area contributed by atoms with Crippen LogP contribution >= 0.6 is 0 Å². The zero-order chi connectivity index (χ0) is 8.10. The summed E-state index contributed by atoms with van der Waals surface area (Å²) < 4.78 is 0. The van der Waals surface area contributed by atoms with Gasteiger partial charge in [-0.05, 0) is 25.8 Å². The molecule has 0 bridgehead atoms. The van der Waals surface area contributed by atoms with Crippen LogP contribution in [0.2, 0.25) is 0 Å². The molecule has 11 heavy (non-hydrogen) atoms. The first kappa shape index (κ1) is 9.01. The first-order chi connectivity index (χ1) is 5.34. The highest BCUT2D eigenvalue weighted by molar-refractivity contribution is 4.78. The second-order valence-electron chi connectivity index (χ2n) is 3.38. The molecule has 1 radical (unpaired) electrons. The van der Waals surface area contributed by atoms with Crippen LogP contribution in [0.3, 0.4) is 0 Å². The van der Waals surface area contributed by atoms with Gasteiger partial charge in [0.2, 0.25) is 0 Å². The van der Waals surface area contributed by atoms with E-state index in [4.69, 9.17) is 0 Å². The van der Waals surface area contributed by atoms with Crippen LogP contribution < -0.4 is 5.32 Å². The molecule has 2 heteroatoms. The van der Waals surface area contributed by atoms with Gasteiger partial charge < -0.3 is 5.32 Å². The molecule has 1 saturated heterocycles. The molecule has 0 aromatic rings. The molecule has 2 atom stereocenters. The average Bonchev–Trinajstić information content (AvgIpc) is 2.07. The third-order valence-corrected chi connectivity index (χ3v) is 2.37. The van der Waals surface area contributed by atoms with Crippen LogP contribution in [0.4, 0.5) is 0 Å². The van der Waals surface area contributed by atoms with E-state index in [1.165, 1.54) is 12.8 Å². The van der Waals surface area contributed by atoms with Crippen LogP contribution in [0.5, 0.6) is 0 Å². The van der Waals surface area contributed by atoms with Crippen molar-refractivity contribution in [3.63, 3.8) is 0 Å². The minimum atomic E-state index is -0.361. The number of rotatable bonds is 3. The highest BCUT2D eigenvalue weighted by Crippen LogP contribution is 2.13. The van der Waals surface area contributed by atoms with E-state index < -0.39 is 0 Å². The minimum absolute atomic E-state index is 0.267. The van der Waals surface area contributed by atoms with E-state index in [2.05, 4.69) is 12.2 Å². The van der Waals surface area contributed by atoms with Crippen molar-refractivity contribution in [3.05, 3.63) is 0 Å². The van der Waals surface area contributed by atoms with Crippen LogP contribution in [-0.2, 0) is 5.11 Å². The molecule has 1 N–H and O–H groups in total. The smallest absolute Gasteiger partial charge is 0.108 e. The molecule has 2 unspecified atom stereocenters. The van der Waals surface area contributed by atoms with Crippen molar-refractivity contribution >= 4 is 0 Å². The van der Waals surface area contributed by atoms with Crippen molar-refractivity contribution in [2.75, 3.05) is 6.54 Å². The van der Waals surface area contributed by atoms with Crippen molar-refractivity contribution in [1.29, 1.82) is 0 Å². The summed E-state index contributed by atoms with van der Waals surface area (Å²) in [6, 6.07) is 0.267. The molecule has 0 amide bonds. The second kappa shape index (κ2) is 4.73. The van der Waals surface area contributed by atoms with Crippen molar-refractivity contribution in [2.24, 2.45) is 0 Å². The molecule has 1 aliphatic rings. The Hall–Kier alpha value is -0.0800. The lowest BCUT2D eigenvalue weighted by Crippen LogP contribution is -2.42. The maximum Gasteiger partial charge on any atom is 0.108 e. The molecule has 0 aromatic heterocycles. The van der Waals surface area contributed by atoms with E-state index in [-0.39, 0.29) is 12.1 Å². The molecule has 0 spiro atoms. The highest BCUT2D eigenvalue weighted by atomic mass is 16.3. The summed E-state index contributed by atoms with van der Waals surface area (Å²) in [5, 5.41) is 14.7. The summed E-state index contributed by atoms with van der Waals surface area (Å²) in [4.78, 5) is 0. The molecule has 1 aliphatic heterocycles. The molecular weight excluding hydrogens is 138 g/mol. The zero-order valence-corrected chi connectivity index (χ0v) is 7.31. The van der Waals surface area contributed by atoms with Gasteiger partial charge in [0.05, 0.1) is 0 Å². The van der Waals surface area contributed by atoms with Gasteiger partial charge in [0, 0.05) is 6.04 Å². The normalized spacial score (nSPS) is 28.4. The number of hydrogen-bond donors (Lipinski definition) is 1. The van der Waals surface area contributed by atoms with Gasteiger partial charge in [0.25, 0.3) is 0 Å². The van der Waals surface area contributed by atoms with Crippen LogP contribution in [0.25, 0.3) is 0 Å². The number of hydrogen-bond acceptors (Lipinski definition) is 1. The predicted molar refractivity (Wildman–Crippen MR) is 45.0 cm³/mol. The Balaban J connectivity index is 2.21. The molecule has 0 saturated carbocycles. The molecule has 65 valence electrons. The Bertz CT molecular complexity index is 99.7. The van der Waals surface area contributed by atoms with Crippen molar-refractivity contribution in [2.45, 2.75) is 51.2 Å². The number of nitrogens with one attached hydrogen (secondary N) is 1. The van der Waals surface area contributed by atoms with Gasteiger partial charge in [0.15, 0.2) is 0 Å². The Kier molecular flexibility index (Phi) is 3.87. The molecule has 0 aromatic carbocycles. The Labute approximate surface area is 69.0 Å². The van der Waals surface area contributed by atoms with Gasteiger partial charge in [-0.2, -0.15) is 0 Å². The molecule has 1 rings (SSSR count). The highest BCUT2D eigenvalue weighted by Gasteiger charge is 2.21. The Morgan fingerprint density at radius 3 is 2.91 bits per heavy atom. The Morgan fingerprint density at radius 1 is 1.55 bits per heavy atom. The predicted octanol–water partition coefficient (Wildman–Crippen LogP) is 1.73. The van der Waals surface area contributed by atoms with Gasteiger partial charge >= 0.3 is 0 Å². The third kappa shape index (κ3) is 2.80. The van der Waals surface area contributed by atoms with Crippen LogP contribution in [0.15, 0.2) is 0 Å².